The SMILES string of the molecule is N#Cc1ccc2c(c1)c1ccccc1n2-c1ccc(Br)cc1C#N. The van der Waals surface area contributed by atoms with Crippen molar-refractivity contribution in [3.63, 3.8) is 0 Å². The van der Waals surface area contributed by atoms with E-state index in [2.05, 4.69) is 32.6 Å². The second kappa shape index (κ2) is 5.53. The minimum Gasteiger partial charge on any atom is -0.308 e. The van der Waals surface area contributed by atoms with Crippen LogP contribution < -0.4 is 0 Å². The number of rotatable bonds is 1. The zero-order valence-electron chi connectivity index (χ0n) is 12.5. The van der Waals surface area contributed by atoms with Gasteiger partial charge in [0.15, 0.2) is 0 Å². The Morgan fingerprint density at radius 1 is 0.792 bits per heavy atom. The molecule has 1 aromatic heterocycles. The van der Waals surface area contributed by atoms with E-state index in [0.717, 1.165) is 32.0 Å². The highest BCUT2D eigenvalue weighted by Gasteiger charge is 2.15. The number of hydrogen-bond acceptors (Lipinski definition) is 2. The molecule has 0 fully saturated rings. The maximum atomic E-state index is 9.54. The minimum atomic E-state index is 0.594. The van der Waals surface area contributed by atoms with Gasteiger partial charge in [-0.25, -0.2) is 0 Å². The largest absolute Gasteiger partial charge is 0.308 e. The van der Waals surface area contributed by atoms with Gasteiger partial charge in [-0.05, 0) is 42.5 Å². The van der Waals surface area contributed by atoms with Crippen molar-refractivity contribution in [2.75, 3.05) is 0 Å². The van der Waals surface area contributed by atoms with Crippen molar-refractivity contribution in [1.82, 2.24) is 4.57 Å². The Bertz CT molecular complexity index is 1190. The second-order valence-electron chi connectivity index (χ2n) is 5.47. The summed E-state index contributed by atoms with van der Waals surface area (Å²) < 4.78 is 2.95. The van der Waals surface area contributed by atoms with Gasteiger partial charge in [-0.1, -0.05) is 34.1 Å². The smallest absolute Gasteiger partial charge is 0.101 e. The van der Waals surface area contributed by atoms with Crippen LogP contribution >= 0.6 is 15.9 Å². The highest BCUT2D eigenvalue weighted by atomic mass is 79.9. The molecular formula is C20H10BrN3. The van der Waals surface area contributed by atoms with Crippen molar-refractivity contribution in [3.05, 3.63) is 76.3 Å². The molecule has 112 valence electrons. The van der Waals surface area contributed by atoms with Gasteiger partial charge in [-0.15, -0.1) is 0 Å². The van der Waals surface area contributed by atoms with Gasteiger partial charge in [0.1, 0.15) is 6.07 Å². The van der Waals surface area contributed by atoms with E-state index in [1.165, 1.54) is 0 Å². The number of fused-ring (bicyclic) bond motifs is 3. The third-order valence-electron chi connectivity index (χ3n) is 4.12. The first-order valence-corrected chi connectivity index (χ1v) is 8.15. The van der Waals surface area contributed by atoms with Gasteiger partial charge < -0.3 is 4.57 Å². The second-order valence-corrected chi connectivity index (χ2v) is 6.39. The van der Waals surface area contributed by atoms with Crippen molar-refractivity contribution >= 4 is 37.7 Å². The van der Waals surface area contributed by atoms with Gasteiger partial charge in [-0.3, -0.25) is 0 Å². The molecule has 3 aromatic carbocycles. The average molecular weight is 372 g/mol. The summed E-state index contributed by atoms with van der Waals surface area (Å²) in [4.78, 5) is 0. The van der Waals surface area contributed by atoms with Crippen LogP contribution in [0.15, 0.2) is 65.1 Å². The highest BCUT2D eigenvalue weighted by molar-refractivity contribution is 9.10. The van der Waals surface area contributed by atoms with Crippen LogP contribution in [0.1, 0.15) is 11.1 Å². The van der Waals surface area contributed by atoms with Crippen LogP contribution in [-0.4, -0.2) is 4.57 Å². The Morgan fingerprint density at radius 3 is 2.38 bits per heavy atom. The van der Waals surface area contributed by atoms with Crippen molar-refractivity contribution in [2.45, 2.75) is 0 Å². The predicted molar refractivity (Wildman–Crippen MR) is 97.9 cm³/mol. The Morgan fingerprint density at radius 2 is 1.58 bits per heavy atom. The third-order valence-corrected chi connectivity index (χ3v) is 4.61. The van der Waals surface area contributed by atoms with Crippen LogP contribution in [0.2, 0.25) is 0 Å². The van der Waals surface area contributed by atoms with Crippen molar-refractivity contribution in [3.8, 4) is 17.8 Å². The molecule has 0 aliphatic rings. The monoisotopic (exact) mass is 371 g/mol. The van der Waals surface area contributed by atoms with E-state index in [1.54, 1.807) is 0 Å². The Hall–Kier alpha value is -3.08. The molecule has 3 nitrogen and oxygen atoms in total. The Balaban J connectivity index is 2.20. The third kappa shape index (κ3) is 2.09. The molecule has 0 aliphatic carbocycles. The average Bonchev–Trinajstić information content (AvgIpc) is 2.95. The highest BCUT2D eigenvalue weighted by Crippen LogP contribution is 2.34. The van der Waals surface area contributed by atoms with Crippen LogP contribution in [0, 0.1) is 22.7 Å². The molecule has 4 aromatic rings. The van der Waals surface area contributed by atoms with E-state index in [0.29, 0.717) is 11.1 Å². The quantitative estimate of drug-likeness (QED) is 0.456. The number of aromatic nitrogens is 1. The number of halogens is 1. The van der Waals surface area contributed by atoms with Gasteiger partial charge in [0.2, 0.25) is 0 Å². The van der Waals surface area contributed by atoms with Gasteiger partial charge in [0.05, 0.1) is 33.9 Å². The first-order chi connectivity index (χ1) is 11.7. The molecule has 4 heteroatoms. The molecule has 0 bridgehead atoms. The molecule has 0 saturated carbocycles. The Labute approximate surface area is 147 Å². The Kier molecular flexibility index (Phi) is 3.34. The fourth-order valence-corrected chi connectivity index (χ4v) is 3.46. The fraction of sp³-hybridized carbons (Fsp3) is 0. The lowest BCUT2D eigenvalue weighted by Gasteiger charge is -2.10. The summed E-state index contributed by atoms with van der Waals surface area (Å²) in [6.45, 7) is 0. The number of nitrogens with zero attached hydrogens (tertiary/aromatic N) is 3. The summed E-state index contributed by atoms with van der Waals surface area (Å²) in [6, 6.07) is 23.8. The van der Waals surface area contributed by atoms with E-state index in [4.69, 9.17) is 0 Å². The van der Waals surface area contributed by atoms with Gasteiger partial charge in [-0.2, -0.15) is 10.5 Å². The summed E-state index contributed by atoms with van der Waals surface area (Å²) in [6.07, 6.45) is 0. The summed E-state index contributed by atoms with van der Waals surface area (Å²) >= 11 is 3.42. The molecule has 1 heterocycles. The van der Waals surface area contributed by atoms with Gasteiger partial charge in [0, 0.05) is 15.2 Å². The predicted octanol–water partition coefficient (Wildman–Crippen LogP) is 5.29. The molecule has 0 radical (unpaired) electrons. The van der Waals surface area contributed by atoms with Crippen LogP contribution in [0.25, 0.3) is 27.5 Å². The molecule has 0 aliphatic heterocycles. The zero-order chi connectivity index (χ0) is 16.7. The molecule has 0 amide bonds. The zero-order valence-corrected chi connectivity index (χ0v) is 14.1. The van der Waals surface area contributed by atoms with Gasteiger partial charge in [0.25, 0.3) is 0 Å². The summed E-state index contributed by atoms with van der Waals surface area (Å²) in [5, 5.41) is 20.8. The van der Waals surface area contributed by atoms with Crippen molar-refractivity contribution < 1.29 is 0 Å². The fourth-order valence-electron chi connectivity index (χ4n) is 3.09. The van der Waals surface area contributed by atoms with Gasteiger partial charge >= 0.3 is 0 Å². The first-order valence-electron chi connectivity index (χ1n) is 7.36. The lowest BCUT2D eigenvalue weighted by molar-refractivity contribution is 1.16. The standard InChI is InChI=1S/C20H10BrN3/c21-15-6-8-18(14(10-15)12-23)24-19-4-2-1-3-16(19)17-9-13(11-22)5-7-20(17)24/h1-10H. The molecular weight excluding hydrogens is 362 g/mol. The lowest BCUT2D eigenvalue weighted by atomic mass is 10.1. The van der Waals surface area contributed by atoms with Crippen LogP contribution in [0.3, 0.4) is 0 Å². The first kappa shape index (κ1) is 14.5. The van der Waals surface area contributed by atoms with Crippen LogP contribution in [0.4, 0.5) is 0 Å². The van der Waals surface area contributed by atoms with E-state index < -0.39 is 0 Å². The summed E-state index contributed by atoms with van der Waals surface area (Å²) in [5.41, 5.74) is 4.05. The van der Waals surface area contributed by atoms with Crippen LogP contribution in [0.5, 0.6) is 0 Å². The van der Waals surface area contributed by atoms with E-state index >= 15 is 0 Å². The van der Waals surface area contributed by atoms with E-state index in [1.807, 2.05) is 60.7 Å². The summed E-state index contributed by atoms with van der Waals surface area (Å²) in [5.74, 6) is 0. The number of para-hydroxylation sites is 1. The number of hydrogen-bond donors (Lipinski definition) is 0. The number of nitriles is 2. The minimum absolute atomic E-state index is 0.594. The van der Waals surface area contributed by atoms with Crippen LogP contribution in [-0.2, 0) is 0 Å². The molecule has 24 heavy (non-hydrogen) atoms. The molecule has 4 rings (SSSR count). The molecule has 0 spiro atoms. The maximum absolute atomic E-state index is 9.54. The lowest BCUT2D eigenvalue weighted by Crippen LogP contribution is -1.97. The maximum Gasteiger partial charge on any atom is 0.101 e. The molecule has 0 unspecified atom stereocenters. The van der Waals surface area contributed by atoms with E-state index in [-0.39, 0.29) is 0 Å². The molecule has 0 atom stereocenters. The molecule has 0 saturated heterocycles. The normalized spacial score (nSPS) is 10.6. The van der Waals surface area contributed by atoms with E-state index in [9.17, 15) is 10.5 Å². The summed E-state index contributed by atoms with van der Waals surface area (Å²) in [7, 11) is 0. The van der Waals surface area contributed by atoms with Crippen molar-refractivity contribution in [1.29, 1.82) is 10.5 Å². The van der Waals surface area contributed by atoms with Crippen molar-refractivity contribution in [2.24, 2.45) is 0 Å². The topological polar surface area (TPSA) is 52.5 Å². The number of benzene rings is 3. The molecule has 0 N–H and O–H groups in total.